The normalized spacial score (nSPS) is 16.1. The van der Waals surface area contributed by atoms with Crippen molar-refractivity contribution >= 4 is 28.7 Å². The maximum atomic E-state index is 12.1. The second-order valence-electron chi connectivity index (χ2n) is 4.84. The molecular weight excluding hydrogens is 278 g/mol. The van der Waals surface area contributed by atoms with Crippen LogP contribution in [0.2, 0.25) is 0 Å². The number of rotatable bonds is 2. The van der Waals surface area contributed by atoms with Gasteiger partial charge in [-0.05, 0) is 30.3 Å². The van der Waals surface area contributed by atoms with Gasteiger partial charge in [0, 0.05) is 41.3 Å². The monoisotopic (exact) mass is 289 g/mol. The predicted molar refractivity (Wildman–Crippen MR) is 83.0 cm³/mol. The van der Waals surface area contributed by atoms with Gasteiger partial charge in [-0.3, -0.25) is 9.78 Å². The largest absolute Gasteiger partial charge is 0.346 e. The molecule has 1 aliphatic rings. The minimum atomic E-state index is -0.225. The first-order valence-electron chi connectivity index (χ1n) is 6.75. The number of aromatic nitrogens is 3. The van der Waals surface area contributed by atoms with Crippen LogP contribution in [-0.2, 0) is 4.79 Å². The molecule has 4 rings (SSSR count). The lowest BCUT2D eigenvalue weighted by Crippen LogP contribution is -2.13. The SMILES string of the molecule is O=C1NN=C(c2cccnc2)C1=Cc1c[nH]c2ncccc12. The fourth-order valence-corrected chi connectivity index (χ4v) is 2.44. The van der Waals surface area contributed by atoms with Crippen LogP contribution >= 0.6 is 0 Å². The molecule has 4 heterocycles. The zero-order valence-corrected chi connectivity index (χ0v) is 11.4. The highest BCUT2D eigenvalue weighted by atomic mass is 16.2. The summed E-state index contributed by atoms with van der Waals surface area (Å²) in [4.78, 5) is 23.5. The van der Waals surface area contributed by atoms with E-state index in [1.54, 1.807) is 18.6 Å². The molecular formula is C16H11N5O. The molecule has 22 heavy (non-hydrogen) atoms. The summed E-state index contributed by atoms with van der Waals surface area (Å²) >= 11 is 0. The lowest BCUT2D eigenvalue weighted by atomic mass is 10.0. The average molecular weight is 289 g/mol. The number of pyridine rings is 2. The number of hydrogen-bond acceptors (Lipinski definition) is 4. The van der Waals surface area contributed by atoms with Crippen LogP contribution < -0.4 is 5.43 Å². The van der Waals surface area contributed by atoms with Crippen LogP contribution in [-0.4, -0.2) is 26.6 Å². The Hall–Kier alpha value is -3.28. The van der Waals surface area contributed by atoms with Gasteiger partial charge in [-0.25, -0.2) is 10.4 Å². The summed E-state index contributed by atoms with van der Waals surface area (Å²) in [5.74, 6) is -0.225. The first-order chi connectivity index (χ1) is 10.8. The highest BCUT2D eigenvalue weighted by Gasteiger charge is 2.24. The van der Waals surface area contributed by atoms with Gasteiger partial charge in [-0.15, -0.1) is 0 Å². The van der Waals surface area contributed by atoms with E-state index in [0.29, 0.717) is 11.3 Å². The molecule has 0 bridgehead atoms. The Bertz CT molecular complexity index is 924. The molecule has 106 valence electrons. The van der Waals surface area contributed by atoms with Crippen molar-refractivity contribution in [3.63, 3.8) is 0 Å². The minimum Gasteiger partial charge on any atom is -0.346 e. The molecule has 0 unspecified atom stereocenters. The molecule has 3 aromatic rings. The predicted octanol–water partition coefficient (Wildman–Crippen LogP) is 1.88. The van der Waals surface area contributed by atoms with Crippen LogP contribution in [0, 0.1) is 0 Å². The van der Waals surface area contributed by atoms with E-state index in [0.717, 1.165) is 22.2 Å². The van der Waals surface area contributed by atoms with Crippen molar-refractivity contribution in [1.82, 2.24) is 20.4 Å². The van der Waals surface area contributed by atoms with E-state index in [-0.39, 0.29) is 5.91 Å². The third-order valence-corrected chi connectivity index (χ3v) is 3.49. The van der Waals surface area contributed by atoms with Crippen molar-refractivity contribution in [2.75, 3.05) is 0 Å². The van der Waals surface area contributed by atoms with Gasteiger partial charge in [-0.1, -0.05) is 0 Å². The average Bonchev–Trinajstić information content (AvgIpc) is 3.14. The second-order valence-corrected chi connectivity index (χ2v) is 4.84. The number of H-pyrrole nitrogens is 1. The number of carbonyl (C=O) groups excluding carboxylic acids is 1. The number of fused-ring (bicyclic) bond motifs is 1. The van der Waals surface area contributed by atoms with Crippen LogP contribution in [0.4, 0.5) is 0 Å². The number of hydrazone groups is 1. The fourth-order valence-electron chi connectivity index (χ4n) is 2.44. The van der Waals surface area contributed by atoms with Gasteiger partial charge < -0.3 is 4.98 Å². The molecule has 1 aliphatic heterocycles. The van der Waals surface area contributed by atoms with Gasteiger partial charge in [0.2, 0.25) is 0 Å². The van der Waals surface area contributed by atoms with Crippen LogP contribution in [0.15, 0.2) is 59.7 Å². The van der Waals surface area contributed by atoms with Crippen molar-refractivity contribution in [1.29, 1.82) is 0 Å². The van der Waals surface area contributed by atoms with Gasteiger partial charge in [-0.2, -0.15) is 5.10 Å². The zero-order chi connectivity index (χ0) is 14.9. The first kappa shape index (κ1) is 12.5. The van der Waals surface area contributed by atoms with Crippen LogP contribution in [0.5, 0.6) is 0 Å². The molecule has 0 aromatic carbocycles. The molecule has 0 atom stereocenters. The molecule has 0 saturated heterocycles. The third-order valence-electron chi connectivity index (χ3n) is 3.49. The third kappa shape index (κ3) is 1.98. The van der Waals surface area contributed by atoms with Gasteiger partial charge in [0.25, 0.3) is 5.91 Å². The van der Waals surface area contributed by atoms with E-state index < -0.39 is 0 Å². The highest BCUT2D eigenvalue weighted by Crippen LogP contribution is 2.22. The number of amides is 1. The summed E-state index contributed by atoms with van der Waals surface area (Å²) in [5.41, 5.74) is 6.09. The molecule has 2 N–H and O–H groups in total. The Morgan fingerprint density at radius 2 is 2.05 bits per heavy atom. The highest BCUT2D eigenvalue weighted by molar-refractivity contribution is 6.33. The summed E-state index contributed by atoms with van der Waals surface area (Å²) in [6.07, 6.45) is 8.74. The van der Waals surface area contributed by atoms with Crippen molar-refractivity contribution in [2.45, 2.75) is 0 Å². The maximum Gasteiger partial charge on any atom is 0.273 e. The standard InChI is InChI=1S/C16H11N5O/c22-16-13(14(20-21-16)10-3-1-5-17-8-10)7-11-9-19-15-12(11)4-2-6-18-15/h1-9H,(H,18,19)(H,21,22). The Kier molecular flexibility index (Phi) is 2.79. The number of nitrogens with zero attached hydrogens (tertiary/aromatic N) is 3. The van der Waals surface area contributed by atoms with E-state index in [2.05, 4.69) is 25.5 Å². The lowest BCUT2D eigenvalue weighted by molar-refractivity contribution is -0.116. The number of hydrogen-bond donors (Lipinski definition) is 2. The van der Waals surface area contributed by atoms with Gasteiger partial charge in [0.15, 0.2) is 0 Å². The molecule has 0 radical (unpaired) electrons. The van der Waals surface area contributed by atoms with Crippen molar-refractivity contribution < 1.29 is 4.79 Å². The van der Waals surface area contributed by atoms with Crippen molar-refractivity contribution in [3.8, 4) is 0 Å². The molecule has 0 spiro atoms. The Balaban J connectivity index is 1.83. The van der Waals surface area contributed by atoms with Gasteiger partial charge >= 0.3 is 0 Å². The van der Waals surface area contributed by atoms with Gasteiger partial charge in [0.05, 0.1) is 5.57 Å². The van der Waals surface area contributed by atoms with E-state index in [9.17, 15) is 4.79 Å². The summed E-state index contributed by atoms with van der Waals surface area (Å²) in [5, 5.41) is 5.07. The molecule has 0 aliphatic carbocycles. The van der Waals surface area contributed by atoms with Gasteiger partial charge in [0.1, 0.15) is 11.4 Å². The van der Waals surface area contributed by atoms with Crippen LogP contribution in [0.3, 0.4) is 0 Å². The Morgan fingerprint density at radius 3 is 2.91 bits per heavy atom. The Labute approximate surface area is 125 Å². The van der Waals surface area contributed by atoms with Crippen LogP contribution in [0.25, 0.3) is 17.1 Å². The Morgan fingerprint density at radius 1 is 1.14 bits per heavy atom. The maximum absolute atomic E-state index is 12.1. The van der Waals surface area contributed by atoms with E-state index in [1.807, 2.05) is 36.5 Å². The molecule has 6 heteroatoms. The second kappa shape index (κ2) is 4.92. The van der Waals surface area contributed by atoms with Crippen LogP contribution in [0.1, 0.15) is 11.1 Å². The lowest BCUT2D eigenvalue weighted by Gasteiger charge is -2.00. The van der Waals surface area contributed by atoms with Crippen molar-refractivity contribution in [3.05, 3.63) is 65.8 Å². The molecule has 1 amide bonds. The smallest absolute Gasteiger partial charge is 0.273 e. The summed E-state index contributed by atoms with van der Waals surface area (Å²) in [6.45, 7) is 0. The molecule has 0 fully saturated rings. The summed E-state index contributed by atoms with van der Waals surface area (Å²) in [7, 11) is 0. The quantitative estimate of drug-likeness (QED) is 0.706. The zero-order valence-electron chi connectivity index (χ0n) is 11.4. The molecule has 0 saturated carbocycles. The van der Waals surface area contributed by atoms with Crippen molar-refractivity contribution in [2.24, 2.45) is 5.10 Å². The number of carbonyl (C=O) groups is 1. The number of aromatic amines is 1. The molecule has 6 nitrogen and oxygen atoms in total. The summed E-state index contributed by atoms with van der Waals surface area (Å²) < 4.78 is 0. The van der Waals surface area contributed by atoms with E-state index in [4.69, 9.17) is 0 Å². The fraction of sp³-hybridized carbons (Fsp3) is 0. The molecule has 3 aromatic heterocycles. The number of nitrogens with one attached hydrogen (secondary N) is 2. The van der Waals surface area contributed by atoms with E-state index >= 15 is 0 Å². The van der Waals surface area contributed by atoms with E-state index in [1.165, 1.54) is 0 Å². The topological polar surface area (TPSA) is 83.0 Å². The summed E-state index contributed by atoms with van der Waals surface area (Å²) in [6, 6.07) is 7.51. The first-order valence-corrected chi connectivity index (χ1v) is 6.75. The minimum absolute atomic E-state index is 0.225.